The molecule has 27 heavy (non-hydrogen) atoms. The fraction of sp³-hybridized carbons (Fsp3) is 0.619. The molecule has 0 aliphatic carbocycles. The molecule has 1 aromatic rings. The fourth-order valence-corrected chi connectivity index (χ4v) is 4.29. The molecule has 1 spiro atoms. The smallest absolute Gasteiger partial charge is 0.222 e. The van der Waals surface area contributed by atoms with Crippen molar-refractivity contribution in [3.8, 4) is 6.07 Å². The predicted molar refractivity (Wildman–Crippen MR) is 104 cm³/mol. The van der Waals surface area contributed by atoms with Crippen LogP contribution in [0.1, 0.15) is 30.4 Å². The van der Waals surface area contributed by atoms with Crippen molar-refractivity contribution in [3.05, 3.63) is 35.4 Å². The van der Waals surface area contributed by atoms with Crippen molar-refractivity contribution in [2.24, 2.45) is 0 Å². The monoisotopic (exact) mass is 370 g/mol. The van der Waals surface area contributed by atoms with Crippen LogP contribution in [0.25, 0.3) is 0 Å². The highest BCUT2D eigenvalue weighted by Gasteiger charge is 2.42. The Hall–Kier alpha value is -1.94. The second-order valence-corrected chi connectivity index (χ2v) is 7.79. The molecule has 6 nitrogen and oxygen atoms in total. The minimum Gasteiger partial charge on any atom is -0.383 e. The highest BCUT2D eigenvalue weighted by Crippen LogP contribution is 2.32. The quantitative estimate of drug-likeness (QED) is 0.790. The summed E-state index contributed by atoms with van der Waals surface area (Å²) in [5.74, 6) is 0.251. The predicted octanol–water partition coefficient (Wildman–Crippen LogP) is 1.70. The normalized spacial score (nSPS) is 24.8. The maximum absolute atomic E-state index is 12.5. The average Bonchev–Trinajstić information content (AvgIpc) is 2.84. The van der Waals surface area contributed by atoms with Gasteiger partial charge in [0, 0.05) is 58.3 Å². The minimum atomic E-state index is 0.0579. The van der Waals surface area contributed by atoms with Crippen molar-refractivity contribution >= 4 is 5.91 Å². The van der Waals surface area contributed by atoms with E-state index >= 15 is 0 Å². The summed E-state index contributed by atoms with van der Waals surface area (Å²) in [5.41, 5.74) is 2.00. The van der Waals surface area contributed by atoms with E-state index in [9.17, 15) is 4.79 Å². The van der Waals surface area contributed by atoms with E-state index in [4.69, 9.17) is 10.00 Å². The first kappa shape index (κ1) is 19.8. The standard InChI is InChI=1S/C21H30N4O2/c1-23-11-12-24(16-19-5-3-18(15-22)4-6-19)17-21(23)8-7-20(26)25(10-9-21)13-14-27-2/h3-6H,7-14,16-17H2,1-2H3/t21-/m1/s1. The van der Waals surface area contributed by atoms with Crippen molar-refractivity contribution in [2.75, 3.05) is 53.5 Å². The molecule has 3 rings (SSSR count). The summed E-state index contributed by atoms with van der Waals surface area (Å²) in [6, 6.07) is 10.0. The lowest BCUT2D eigenvalue weighted by Gasteiger charge is -2.49. The molecular formula is C21H30N4O2. The fourth-order valence-electron chi connectivity index (χ4n) is 4.29. The number of amides is 1. The number of hydrogen-bond acceptors (Lipinski definition) is 5. The Kier molecular flexibility index (Phi) is 6.48. The van der Waals surface area contributed by atoms with Gasteiger partial charge in [-0.2, -0.15) is 5.26 Å². The Balaban J connectivity index is 1.66. The number of carbonyl (C=O) groups is 1. The number of likely N-dealkylation sites (N-methyl/N-ethyl adjacent to an activating group) is 1. The molecule has 1 aromatic carbocycles. The van der Waals surface area contributed by atoms with Gasteiger partial charge in [-0.3, -0.25) is 14.6 Å². The zero-order valence-corrected chi connectivity index (χ0v) is 16.5. The molecule has 2 heterocycles. The number of benzene rings is 1. The second kappa shape index (κ2) is 8.83. The third-order valence-electron chi connectivity index (χ3n) is 6.14. The zero-order chi connectivity index (χ0) is 19.3. The van der Waals surface area contributed by atoms with Crippen molar-refractivity contribution in [1.82, 2.24) is 14.7 Å². The van der Waals surface area contributed by atoms with Gasteiger partial charge in [0.15, 0.2) is 0 Å². The van der Waals surface area contributed by atoms with Crippen molar-refractivity contribution in [2.45, 2.75) is 31.3 Å². The maximum Gasteiger partial charge on any atom is 0.222 e. The summed E-state index contributed by atoms with van der Waals surface area (Å²) in [4.78, 5) is 19.4. The van der Waals surface area contributed by atoms with Gasteiger partial charge >= 0.3 is 0 Å². The first-order valence-corrected chi connectivity index (χ1v) is 9.76. The van der Waals surface area contributed by atoms with Crippen LogP contribution in [0.15, 0.2) is 24.3 Å². The first-order valence-electron chi connectivity index (χ1n) is 9.76. The van der Waals surface area contributed by atoms with E-state index in [1.54, 1.807) is 7.11 Å². The molecule has 2 aliphatic rings. The number of ether oxygens (including phenoxy) is 1. The van der Waals surface area contributed by atoms with E-state index in [0.29, 0.717) is 25.1 Å². The number of carbonyl (C=O) groups excluding carboxylic acids is 1. The van der Waals surface area contributed by atoms with Crippen molar-refractivity contribution in [3.63, 3.8) is 0 Å². The van der Waals surface area contributed by atoms with E-state index in [0.717, 1.165) is 45.6 Å². The number of nitrogens with zero attached hydrogens (tertiary/aromatic N) is 4. The van der Waals surface area contributed by atoms with Crippen LogP contribution in [0.3, 0.4) is 0 Å². The summed E-state index contributed by atoms with van der Waals surface area (Å²) in [5, 5.41) is 8.96. The molecule has 0 bridgehead atoms. The van der Waals surface area contributed by atoms with Crippen LogP contribution in [-0.2, 0) is 16.1 Å². The van der Waals surface area contributed by atoms with Crippen LogP contribution in [0.4, 0.5) is 0 Å². The van der Waals surface area contributed by atoms with Gasteiger partial charge in [0.25, 0.3) is 0 Å². The molecule has 146 valence electrons. The SMILES string of the molecule is COCCN1CC[C@]2(CCC1=O)CN(Cc1ccc(C#N)cc1)CCN2C. The Labute approximate surface area is 162 Å². The van der Waals surface area contributed by atoms with Crippen LogP contribution in [0.2, 0.25) is 0 Å². The van der Waals surface area contributed by atoms with Gasteiger partial charge in [-0.1, -0.05) is 12.1 Å². The van der Waals surface area contributed by atoms with Crippen molar-refractivity contribution < 1.29 is 9.53 Å². The summed E-state index contributed by atoms with van der Waals surface area (Å²) in [7, 11) is 3.88. The summed E-state index contributed by atoms with van der Waals surface area (Å²) in [6.45, 7) is 6.00. The van der Waals surface area contributed by atoms with E-state index in [1.165, 1.54) is 5.56 Å². The Morgan fingerprint density at radius 2 is 1.96 bits per heavy atom. The topological polar surface area (TPSA) is 59.8 Å². The summed E-state index contributed by atoms with van der Waals surface area (Å²) >= 11 is 0. The van der Waals surface area contributed by atoms with Gasteiger partial charge in [0.05, 0.1) is 18.2 Å². The third-order valence-corrected chi connectivity index (χ3v) is 6.14. The Morgan fingerprint density at radius 3 is 2.67 bits per heavy atom. The average molecular weight is 370 g/mol. The molecule has 0 radical (unpaired) electrons. The van der Waals surface area contributed by atoms with Gasteiger partial charge in [-0.25, -0.2) is 0 Å². The van der Waals surface area contributed by atoms with Gasteiger partial charge in [0.2, 0.25) is 5.91 Å². The molecule has 1 amide bonds. The highest BCUT2D eigenvalue weighted by molar-refractivity contribution is 5.76. The van der Waals surface area contributed by atoms with Gasteiger partial charge in [0.1, 0.15) is 0 Å². The molecule has 1 atom stereocenters. The minimum absolute atomic E-state index is 0.0579. The lowest BCUT2D eigenvalue weighted by atomic mass is 9.86. The van der Waals surface area contributed by atoms with Crippen LogP contribution in [0, 0.1) is 11.3 Å². The lowest BCUT2D eigenvalue weighted by molar-refractivity contribution is -0.131. The Bertz CT molecular complexity index is 684. The number of rotatable bonds is 5. The number of nitriles is 1. The largest absolute Gasteiger partial charge is 0.383 e. The molecule has 2 aliphatic heterocycles. The van der Waals surface area contributed by atoms with E-state index in [-0.39, 0.29) is 11.4 Å². The number of methoxy groups -OCH3 is 1. The van der Waals surface area contributed by atoms with E-state index < -0.39 is 0 Å². The third kappa shape index (κ3) is 4.67. The summed E-state index contributed by atoms with van der Waals surface area (Å²) < 4.78 is 5.16. The van der Waals surface area contributed by atoms with Gasteiger partial charge in [-0.05, 0) is 37.6 Å². The lowest BCUT2D eigenvalue weighted by Crippen LogP contribution is -2.60. The van der Waals surface area contributed by atoms with Crippen LogP contribution in [0.5, 0.6) is 0 Å². The highest BCUT2D eigenvalue weighted by atomic mass is 16.5. The van der Waals surface area contributed by atoms with Gasteiger partial charge < -0.3 is 9.64 Å². The molecule has 0 N–H and O–H groups in total. The maximum atomic E-state index is 12.5. The number of piperazine rings is 1. The molecule has 0 aromatic heterocycles. The Morgan fingerprint density at radius 1 is 1.19 bits per heavy atom. The van der Waals surface area contributed by atoms with Gasteiger partial charge in [-0.15, -0.1) is 0 Å². The van der Waals surface area contributed by atoms with Crippen molar-refractivity contribution in [1.29, 1.82) is 5.26 Å². The molecule has 6 heteroatoms. The molecule has 0 unspecified atom stereocenters. The molecule has 2 fully saturated rings. The van der Waals surface area contributed by atoms with E-state index in [1.807, 2.05) is 29.2 Å². The van der Waals surface area contributed by atoms with E-state index in [2.05, 4.69) is 22.9 Å². The molecular weight excluding hydrogens is 340 g/mol. The zero-order valence-electron chi connectivity index (χ0n) is 16.5. The second-order valence-electron chi connectivity index (χ2n) is 7.79. The molecule has 2 saturated heterocycles. The van der Waals surface area contributed by atoms with Crippen LogP contribution >= 0.6 is 0 Å². The summed E-state index contributed by atoms with van der Waals surface area (Å²) in [6.07, 6.45) is 2.53. The molecule has 0 saturated carbocycles. The first-order chi connectivity index (χ1) is 13.1. The number of likely N-dealkylation sites (tertiary alicyclic amines) is 1. The van der Waals surface area contributed by atoms with Crippen LogP contribution < -0.4 is 0 Å². The number of hydrogen-bond donors (Lipinski definition) is 0. The van der Waals surface area contributed by atoms with Crippen LogP contribution in [-0.4, -0.2) is 79.6 Å².